The van der Waals surface area contributed by atoms with E-state index in [1.807, 2.05) is 0 Å². The number of thioether (sulfide) groups is 1. The largest absolute Gasteiger partial charge is 0.396 e. The third-order valence-electron chi connectivity index (χ3n) is 1.70. The molecule has 0 saturated heterocycles. The van der Waals surface area contributed by atoms with E-state index < -0.39 is 0 Å². The maximum absolute atomic E-state index is 8.57. The van der Waals surface area contributed by atoms with Crippen LogP contribution in [-0.2, 0) is 0 Å². The number of anilines is 1. The summed E-state index contributed by atoms with van der Waals surface area (Å²) < 4.78 is 0.949. The highest BCUT2D eigenvalue weighted by molar-refractivity contribution is 8.01. The Kier molecular flexibility index (Phi) is 5.89. The molecule has 0 bridgehead atoms. The molecule has 1 aromatic heterocycles. The summed E-state index contributed by atoms with van der Waals surface area (Å²) in [6, 6.07) is 0. The zero-order valence-electron chi connectivity index (χ0n) is 7.98. The normalized spacial score (nSPS) is 10.6. The molecule has 0 unspecified atom stereocenters. The average Bonchev–Trinajstić information content (AvgIpc) is 2.58. The number of hydrogen-bond donors (Lipinski definition) is 2. The number of aromatic nitrogens is 2. The first kappa shape index (κ1) is 11.7. The van der Waals surface area contributed by atoms with Gasteiger partial charge < -0.3 is 10.8 Å². The lowest BCUT2D eigenvalue weighted by Crippen LogP contribution is -1.85. The zero-order valence-corrected chi connectivity index (χ0v) is 9.61. The summed E-state index contributed by atoms with van der Waals surface area (Å²) in [4.78, 5) is 0. The van der Waals surface area contributed by atoms with E-state index in [4.69, 9.17) is 10.8 Å². The van der Waals surface area contributed by atoms with Crippen LogP contribution >= 0.6 is 23.1 Å². The molecule has 0 atom stereocenters. The van der Waals surface area contributed by atoms with Gasteiger partial charge >= 0.3 is 0 Å². The van der Waals surface area contributed by atoms with Crippen LogP contribution in [0.15, 0.2) is 4.34 Å². The minimum atomic E-state index is 0.306. The molecule has 0 aromatic carbocycles. The Morgan fingerprint density at radius 1 is 1.21 bits per heavy atom. The molecule has 0 aliphatic rings. The molecule has 0 amide bonds. The summed E-state index contributed by atoms with van der Waals surface area (Å²) >= 11 is 3.14. The van der Waals surface area contributed by atoms with Crippen LogP contribution in [0.3, 0.4) is 0 Å². The van der Waals surface area contributed by atoms with E-state index in [0.29, 0.717) is 11.7 Å². The highest BCUT2D eigenvalue weighted by Crippen LogP contribution is 2.24. The van der Waals surface area contributed by atoms with Gasteiger partial charge in [0.15, 0.2) is 4.34 Å². The summed E-state index contributed by atoms with van der Waals surface area (Å²) in [6.07, 6.45) is 4.34. The van der Waals surface area contributed by atoms with Crippen LogP contribution in [0.1, 0.15) is 25.7 Å². The van der Waals surface area contributed by atoms with E-state index in [1.54, 1.807) is 11.8 Å². The third-order valence-corrected chi connectivity index (χ3v) is 3.67. The van der Waals surface area contributed by atoms with Crippen molar-refractivity contribution < 1.29 is 5.11 Å². The summed E-state index contributed by atoms with van der Waals surface area (Å²) in [5, 5.41) is 16.8. The minimum absolute atomic E-state index is 0.306. The van der Waals surface area contributed by atoms with Gasteiger partial charge in [0.2, 0.25) is 5.13 Å². The number of nitrogens with zero attached hydrogens (tertiary/aromatic N) is 2. The van der Waals surface area contributed by atoms with Crippen molar-refractivity contribution in [2.24, 2.45) is 0 Å². The lowest BCUT2D eigenvalue weighted by Gasteiger charge is -1.97. The zero-order chi connectivity index (χ0) is 10.2. The van der Waals surface area contributed by atoms with Crippen LogP contribution in [-0.4, -0.2) is 27.7 Å². The molecule has 1 aromatic rings. The molecule has 14 heavy (non-hydrogen) atoms. The van der Waals surface area contributed by atoms with E-state index >= 15 is 0 Å². The van der Waals surface area contributed by atoms with Crippen molar-refractivity contribution >= 4 is 28.2 Å². The van der Waals surface area contributed by atoms with Crippen LogP contribution in [0.4, 0.5) is 5.13 Å². The predicted octanol–water partition coefficient (Wildman–Crippen LogP) is 1.77. The number of unbranched alkanes of at least 4 members (excludes halogenated alkanes) is 3. The van der Waals surface area contributed by atoms with Crippen molar-refractivity contribution in [1.29, 1.82) is 0 Å². The number of hydrogen-bond acceptors (Lipinski definition) is 6. The Morgan fingerprint density at radius 3 is 2.64 bits per heavy atom. The summed E-state index contributed by atoms with van der Waals surface area (Å²) in [5.74, 6) is 1.06. The van der Waals surface area contributed by atoms with Crippen LogP contribution in [0.25, 0.3) is 0 Å². The van der Waals surface area contributed by atoms with Crippen molar-refractivity contribution in [3.8, 4) is 0 Å². The van der Waals surface area contributed by atoms with Crippen LogP contribution in [0.5, 0.6) is 0 Å². The van der Waals surface area contributed by atoms with Gasteiger partial charge in [-0.05, 0) is 12.8 Å². The molecular weight excluding hydrogens is 218 g/mol. The highest BCUT2D eigenvalue weighted by atomic mass is 32.2. The predicted molar refractivity (Wildman–Crippen MR) is 60.6 cm³/mol. The topological polar surface area (TPSA) is 72.0 Å². The van der Waals surface area contributed by atoms with Crippen molar-refractivity contribution in [2.75, 3.05) is 18.1 Å². The maximum Gasteiger partial charge on any atom is 0.203 e. The number of rotatable bonds is 7. The molecule has 0 saturated carbocycles. The highest BCUT2D eigenvalue weighted by Gasteiger charge is 2.00. The quantitative estimate of drug-likeness (QED) is 0.554. The van der Waals surface area contributed by atoms with Gasteiger partial charge in [-0.2, -0.15) is 0 Å². The molecule has 0 radical (unpaired) electrons. The second-order valence-corrected chi connectivity index (χ2v) is 5.24. The first-order valence-electron chi connectivity index (χ1n) is 4.65. The van der Waals surface area contributed by atoms with Gasteiger partial charge in [-0.15, -0.1) is 10.2 Å². The van der Waals surface area contributed by atoms with Gasteiger partial charge in [-0.3, -0.25) is 0 Å². The molecule has 0 aliphatic heterocycles. The second-order valence-electron chi connectivity index (χ2n) is 2.89. The Labute approximate surface area is 91.9 Å². The van der Waals surface area contributed by atoms with E-state index in [-0.39, 0.29) is 0 Å². The summed E-state index contributed by atoms with van der Waals surface area (Å²) in [7, 11) is 0. The summed E-state index contributed by atoms with van der Waals surface area (Å²) in [5.41, 5.74) is 5.45. The standard InChI is InChI=1S/C8H15N3OS2/c9-7-10-11-8(14-7)13-6-4-2-1-3-5-12/h12H,1-6H2,(H2,9,10). The van der Waals surface area contributed by atoms with Gasteiger partial charge in [0.25, 0.3) is 0 Å². The minimum Gasteiger partial charge on any atom is -0.396 e. The molecule has 4 nitrogen and oxygen atoms in total. The molecule has 3 N–H and O–H groups in total. The number of nitrogens with two attached hydrogens (primary N) is 1. The first-order chi connectivity index (χ1) is 6.83. The van der Waals surface area contributed by atoms with Gasteiger partial charge in [-0.1, -0.05) is 35.9 Å². The van der Waals surface area contributed by atoms with E-state index in [9.17, 15) is 0 Å². The lowest BCUT2D eigenvalue weighted by molar-refractivity contribution is 0.283. The van der Waals surface area contributed by atoms with Crippen LogP contribution in [0, 0.1) is 0 Å². The Bertz CT molecular complexity index is 254. The first-order valence-corrected chi connectivity index (χ1v) is 6.46. The molecule has 0 aliphatic carbocycles. The van der Waals surface area contributed by atoms with Crippen LogP contribution < -0.4 is 5.73 Å². The number of aliphatic hydroxyl groups excluding tert-OH is 1. The van der Waals surface area contributed by atoms with Crippen LogP contribution in [0.2, 0.25) is 0 Å². The molecule has 6 heteroatoms. The smallest absolute Gasteiger partial charge is 0.203 e. The SMILES string of the molecule is Nc1nnc(SCCCCCCO)s1. The van der Waals surface area contributed by atoms with Crippen molar-refractivity contribution in [2.45, 2.75) is 30.0 Å². The fraction of sp³-hybridized carbons (Fsp3) is 0.750. The van der Waals surface area contributed by atoms with Gasteiger partial charge in [0.05, 0.1) is 0 Å². The van der Waals surface area contributed by atoms with Crippen molar-refractivity contribution in [1.82, 2.24) is 10.2 Å². The lowest BCUT2D eigenvalue weighted by atomic mass is 10.2. The average molecular weight is 233 g/mol. The monoisotopic (exact) mass is 233 g/mol. The van der Waals surface area contributed by atoms with E-state index in [0.717, 1.165) is 29.4 Å². The fourth-order valence-corrected chi connectivity index (χ4v) is 2.71. The molecule has 1 heterocycles. The van der Waals surface area contributed by atoms with E-state index in [1.165, 1.54) is 17.8 Å². The summed E-state index contributed by atoms with van der Waals surface area (Å²) in [6.45, 7) is 0.306. The molecule has 80 valence electrons. The van der Waals surface area contributed by atoms with E-state index in [2.05, 4.69) is 10.2 Å². The molecule has 0 spiro atoms. The number of nitrogen functional groups attached to an aromatic ring is 1. The molecule has 0 fully saturated rings. The van der Waals surface area contributed by atoms with Crippen molar-refractivity contribution in [3.63, 3.8) is 0 Å². The van der Waals surface area contributed by atoms with Crippen molar-refractivity contribution in [3.05, 3.63) is 0 Å². The Balaban J connectivity index is 1.99. The Hall–Kier alpha value is -0.330. The number of aliphatic hydroxyl groups is 1. The molecular formula is C8H15N3OS2. The second kappa shape index (κ2) is 7.03. The van der Waals surface area contributed by atoms with Gasteiger partial charge in [0, 0.05) is 12.4 Å². The third kappa shape index (κ3) is 4.78. The Morgan fingerprint density at radius 2 is 2.00 bits per heavy atom. The maximum atomic E-state index is 8.57. The fourth-order valence-electron chi connectivity index (χ4n) is 1.01. The van der Waals surface area contributed by atoms with Gasteiger partial charge in [-0.25, -0.2) is 0 Å². The molecule has 1 rings (SSSR count). The van der Waals surface area contributed by atoms with Gasteiger partial charge in [0.1, 0.15) is 0 Å².